The van der Waals surface area contributed by atoms with Gasteiger partial charge in [-0.3, -0.25) is 20.1 Å². The second-order valence-corrected chi connectivity index (χ2v) is 4.03. The van der Waals surface area contributed by atoms with E-state index in [4.69, 9.17) is 0 Å². The highest BCUT2D eigenvalue weighted by Crippen LogP contribution is 2.07. The molecule has 0 aliphatic rings. The molecule has 0 saturated carbocycles. The van der Waals surface area contributed by atoms with Crippen LogP contribution in [-0.2, 0) is 4.79 Å². The summed E-state index contributed by atoms with van der Waals surface area (Å²) < 4.78 is 0. The van der Waals surface area contributed by atoms with Gasteiger partial charge in [0.05, 0.1) is 11.7 Å². The first kappa shape index (κ1) is 13.6. The zero-order valence-corrected chi connectivity index (χ0v) is 10.6. The van der Waals surface area contributed by atoms with E-state index in [1.54, 1.807) is 18.6 Å². The number of rotatable bonds is 6. The molecule has 1 rings (SSSR count). The van der Waals surface area contributed by atoms with Crippen LogP contribution in [0.2, 0.25) is 0 Å². The summed E-state index contributed by atoms with van der Waals surface area (Å²) in [6.07, 6.45) is 5.93. The molecule has 17 heavy (non-hydrogen) atoms. The number of nitrogens with zero attached hydrogens (tertiary/aromatic N) is 2. The topological polar surface area (TPSA) is 66.9 Å². The van der Waals surface area contributed by atoms with Crippen LogP contribution >= 0.6 is 0 Å². The molecule has 0 saturated heterocycles. The maximum absolute atomic E-state index is 11.7. The Kier molecular flexibility index (Phi) is 5.56. The highest BCUT2D eigenvalue weighted by Gasteiger charge is 2.16. The van der Waals surface area contributed by atoms with Crippen molar-refractivity contribution in [2.75, 3.05) is 6.54 Å². The minimum Gasteiger partial charge on any atom is -0.355 e. The smallest absolute Gasteiger partial charge is 0.236 e. The summed E-state index contributed by atoms with van der Waals surface area (Å²) in [6, 6.07) is -0.232. The van der Waals surface area contributed by atoms with Crippen LogP contribution in [0.15, 0.2) is 18.6 Å². The number of carbonyl (C=O) groups excluding carboxylic acids is 1. The molecule has 0 fully saturated rings. The number of hydrogen-bond acceptors (Lipinski definition) is 4. The fourth-order valence-corrected chi connectivity index (χ4v) is 1.47. The number of nitrogens with one attached hydrogen (secondary N) is 2. The van der Waals surface area contributed by atoms with Crippen molar-refractivity contribution in [2.45, 2.75) is 39.3 Å². The molecule has 0 bridgehead atoms. The fraction of sp³-hybridized carbons (Fsp3) is 0.583. The Hall–Kier alpha value is -1.49. The van der Waals surface area contributed by atoms with E-state index in [0.717, 1.165) is 12.1 Å². The van der Waals surface area contributed by atoms with Gasteiger partial charge in [-0.15, -0.1) is 0 Å². The first-order valence-corrected chi connectivity index (χ1v) is 5.94. The molecule has 5 nitrogen and oxygen atoms in total. The highest BCUT2D eigenvalue weighted by atomic mass is 16.2. The van der Waals surface area contributed by atoms with Gasteiger partial charge in [-0.2, -0.15) is 0 Å². The molecule has 1 aromatic heterocycles. The summed E-state index contributed by atoms with van der Waals surface area (Å²) in [5, 5.41) is 6.04. The standard InChI is InChI=1S/C12H20N4O/c1-4-5-15-12(17)10(3)16-9(2)11-8-13-6-7-14-11/h6-10,16H,4-5H2,1-3H3,(H,15,17). The van der Waals surface area contributed by atoms with Crippen LogP contribution in [0.5, 0.6) is 0 Å². The van der Waals surface area contributed by atoms with Gasteiger partial charge in [0.15, 0.2) is 0 Å². The second-order valence-electron chi connectivity index (χ2n) is 4.03. The van der Waals surface area contributed by atoms with Crippen LogP contribution in [0, 0.1) is 0 Å². The molecule has 0 aliphatic carbocycles. The van der Waals surface area contributed by atoms with Crippen molar-refractivity contribution in [3.63, 3.8) is 0 Å². The van der Waals surface area contributed by atoms with Crippen LogP contribution in [-0.4, -0.2) is 28.5 Å². The van der Waals surface area contributed by atoms with E-state index in [9.17, 15) is 4.79 Å². The largest absolute Gasteiger partial charge is 0.355 e. The number of aromatic nitrogens is 2. The quantitative estimate of drug-likeness (QED) is 0.774. The zero-order chi connectivity index (χ0) is 12.7. The SMILES string of the molecule is CCCNC(=O)C(C)NC(C)c1cnccn1. The molecular weight excluding hydrogens is 216 g/mol. The van der Waals surface area contributed by atoms with Crippen LogP contribution in [0.1, 0.15) is 38.9 Å². The Morgan fingerprint density at radius 3 is 2.76 bits per heavy atom. The van der Waals surface area contributed by atoms with Crippen LogP contribution in [0.25, 0.3) is 0 Å². The van der Waals surface area contributed by atoms with Gasteiger partial charge in [0.2, 0.25) is 5.91 Å². The van der Waals surface area contributed by atoms with Gasteiger partial charge in [-0.25, -0.2) is 0 Å². The van der Waals surface area contributed by atoms with E-state index in [-0.39, 0.29) is 18.0 Å². The van der Waals surface area contributed by atoms with E-state index in [2.05, 4.69) is 20.6 Å². The predicted octanol–water partition coefficient (Wildman–Crippen LogP) is 1.04. The fourth-order valence-electron chi connectivity index (χ4n) is 1.47. The average Bonchev–Trinajstić information content (AvgIpc) is 2.36. The van der Waals surface area contributed by atoms with Crippen molar-refractivity contribution >= 4 is 5.91 Å². The highest BCUT2D eigenvalue weighted by molar-refractivity contribution is 5.81. The molecule has 94 valence electrons. The molecule has 1 amide bonds. The third-order valence-electron chi connectivity index (χ3n) is 2.47. The predicted molar refractivity (Wildman–Crippen MR) is 66.3 cm³/mol. The minimum atomic E-state index is -0.237. The Morgan fingerprint density at radius 1 is 1.41 bits per heavy atom. The lowest BCUT2D eigenvalue weighted by Crippen LogP contribution is -2.43. The third kappa shape index (κ3) is 4.48. The van der Waals surface area contributed by atoms with Crippen LogP contribution in [0.4, 0.5) is 0 Å². The van der Waals surface area contributed by atoms with Crippen molar-refractivity contribution in [1.82, 2.24) is 20.6 Å². The van der Waals surface area contributed by atoms with Gasteiger partial charge in [-0.05, 0) is 20.3 Å². The molecule has 2 unspecified atom stereocenters. The lowest BCUT2D eigenvalue weighted by molar-refractivity contribution is -0.122. The molecular formula is C12H20N4O. The second kappa shape index (κ2) is 6.96. The molecule has 0 aromatic carbocycles. The van der Waals surface area contributed by atoms with E-state index in [1.807, 2.05) is 20.8 Å². The number of amides is 1. The maximum atomic E-state index is 11.7. The molecule has 1 heterocycles. The lowest BCUT2D eigenvalue weighted by atomic mass is 10.2. The number of hydrogen-bond donors (Lipinski definition) is 2. The summed E-state index contributed by atoms with van der Waals surface area (Å²) in [4.78, 5) is 19.9. The minimum absolute atomic E-state index is 0.00563. The summed E-state index contributed by atoms with van der Waals surface area (Å²) in [5.74, 6) is 0.0163. The molecule has 0 radical (unpaired) electrons. The van der Waals surface area contributed by atoms with Gasteiger partial charge < -0.3 is 5.32 Å². The van der Waals surface area contributed by atoms with Crippen molar-refractivity contribution in [3.05, 3.63) is 24.3 Å². The average molecular weight is 236 g/mol. The first-order valence-electron chi connectivity index (χ1n) is 5.94. The summed E-state index contributed by atoms with van der Waals surface area (Å²) in [5.41, 5.74) is 0.836. The molecule has 2 N–H and O–H groups in total. The van der Waals surface area contributed by atoms with E-state index < -0.39 is 0 Å². The van der Waals surface area contributed by atoms with Crippen molar-refractivity contribution < 1.29 is 4.79 Å². The summed E-state index contributed by atoms with van der Waals surface area (Å²) in [7, 11) is 0. The van der Waals surface area contributed by atoms with E-state index in [0.29, 0.717) is 6.54 Å². The van der Waals surface area contributed by atoms with Gasteiger partial charge in [0, 0.05) is 31.2 Å². The van der Waals surface area contributed by atoms with Gasteiger partial charge in [-0.1, -0.05) is 6.92 Å². The van der Waals surface area contributed by atoms with Crippen LogP contribution < -0.4 is 10.6 Å². The molecule has 0 aliphatic heterocycles. The van der Waals surface area contributed by atoms with E-state index in [1.165, 1.54) is 0 Å². The van der Waals surface area contributed by atoms with E-state index >= 15 is 0 Å². The summed E-state index contributed by atoms with van der Waals surface area (Å²) in [6.45, 7) is 6.55. The maximum Gasteiger partial charge on any atom is 0.236 e. The zero-order valence-electron chi connectivity index (χ0n) is 10.6. The Labute approximate surface area is 102 Å². The number of carbonyl (C=O) groups is 1. The normalized spacial score (nSPS) is 14.1. The third-order valence-corrected chi connectivity index (χ3v) is 2.47. The molecule has 0 spiro atoms. The molecule has 1 aromatic rings. The Morgan fingerprint density at radius 2 is 2.18 bits per heavy atom. The molecule has 2 atom stereocenters. The Bertz CT molecular complexity index is 342. The summed E-state index contributed by atoms with van der Waals surface area (Å²) >= 11 is 0. The Balaban J connectivity index is 2.45. The van der Waals surface area contributed by atoms with Gasteiger partial charge >= 0.3 is 0 Å². The van der Waals surface area contributed by atoms with Gasteiger partial charge in [0.25, 0.3) is 0 Å². The lowest BCUT2D eigenvalue weighted by Gasteiger charge is -2.18. The van der Waals surface area contributed by atoms with Crippen molar-refractivity contribution in [3.8, 4) is 0 Å². The van der Waals surface area contributed by atoms with Crippen LogP contribution in [0.3, 0.4) is 0 Å². The monoisotopic (exact) mass is 236 g/mol. The first-order chi connectivity index (χ1) is 8.15. The molecule has 5 heteroatoms. The van der Waals surface area contributed by atoms with Crippen molar-refractivity contribution in [1.29, 1.82) is 0 Å². The van der Waals surface area contributed by atoms with Gasteiger partial charge in [0.1, 0.15) is 0 Å². The van der Waals surface area contributed by atoms with Crippen molar-refractivity contribution in [2.24, 2.45) is 0 Å².